The minimum absolute atomic E-state index is 0.0641. The van der Waals surface area contributed by atoms with Crippen molar-refractivity contribution in [3.8, 4) is 6.07 Å². The van der Waals surface area contributed by atoms with Gasteiger partial charge in [0.1, 0.15) is 18.1 Å². The van der Waals surface area contributed by atoms with Crippen LogP contribution >= 0.6 is 0 Å². The van der Waals surface area contributed by atoms with Crippen LogP contribution in [0.3, 0.4) is 0 Å². The van der Waals surface area contributed by atoms with Crippen LogP contribution in [-0.2, 0) is 23.9 Å². The Morgan fingerprint density at radius 3 is 2.49 bits per heavy atom. The molecule has 11 nitrogen and oxygen atoms in total. The molecule has 4 fully saturated rings. The predicted molar refractivity (Wildman–Crippen MR) is 134 cm³/mol. The van der Waals surface area contributed by atoms with Gasteiger partial charge in [-0.25, -0.2) is 0 Å². The number of rotatable bonds is 8. The fourth-order valence-electron chi connectivity index (χ4n) is 5.61. The van der Waals surface area contributed by atoms with E-state index in [0.717, 1.165) is 12.8 Å². The Balaban J connectivity index is 1.44. The lowest BCUT2D eigenvalue weighted by Gasteiger charge is -2.36. The second kappa shape index (κ2) is 11.0. The molecule has 0 aromatic carbocycles. The molecule has 3 aliphatic heterocycles. The van der Waals surface area contributed by atoms with E-state index >= 15 is 0 Å². The summed E-state index contributed by atoms with van der Waals surface area (Å²) in [6, 6.07) is -0.192. The van der Waals surface area contributed by atoms with Gasteiger partial charge in [0, 0.05) is 32.1 Å². The maximum Gasteiger partial charge on any atom is 0.246 e. The van der Waals surface area contributed by atoms with Gasteiger partial charge in [0.25, 0.3) is 0 Å². The molecule has 11 heteroatoms. The number of morpholine rings is 1. The van der Waals surface area contributed by atoms with Crippen molar-refractivity contribution in [2.75, 3.05) is 45.9 Å². The molecule has 3 saturated heterocycles. The van der Waals surface area contributed by atoms with Gasteiger partial charge in [0.2, 0.25) is 23.6 Å². The van der Waals surface area contributed by atoms with Crippen LogP contribution in [0.25, 0.3) is 0 Å². The Morgan fingerprint density at radius 2 is 1.92 bits per heavy atom. The highest BCUT2D eigenvalue weighted by atomic mass is 16.5. The number of hydrogen-bond acceptors (Lipinski definition) is 7. The molecule has 1 aliphatic carbocycles. The van der Waals surface area contributed by atoms with E-state index in [9.17, 15) is 24.4 Å². The summed E-state index contributed by atoms with van der Waals surface area (Å²) in [5.41, 5.74) is -0.630. The molecule has 4 aliphatic rings. The zero-order chi connectivity index (χ0) is 26.8. The third kappa shape index (κ3) is 6.60. The number of nitriles is 1. The molecule has 1 saturated carbocycles. The first-order valence-electron chi connectivity index (χ1n) is 13.4. The molecule has 0 unspecified atom stereocenters. The zero-order valence-electron chi connectivity index (χ0n) is 22.2. The van der Waals surface area contributed by atoms with Crippen LogP contribution in [0.4, 0.5) is 0 Å². The normalized spacial score (nSPS) is 26.8. The van der Waals surface area contributed by atoms with Crippen LogP contribution in [0.2, 0.25) is 0 Å². The molecule has 4 rings (SSSR count). The Hall–Kier alpha value is -2.71. The Morgan fingerprint density at radius 1 is 1.22 bits per heavy atom. The van der Waals surface area contributed by atoms with E-state index in [-0.39, 0.29) is 47.9 Å². The number of amides is 4. The number of carbonyl (C=O) groups is 4. The van der Waals surface area contributed by atoms with Crippen molar-refractivity contribution in [3.05, 3.63) is 0 Å². The Bertz CT molecular complexity index is 946. The summed E-state index contributed by atoms with van der Waals surface area (Å²) in [7, 11) is 0. The molecular formula is C26H40N6O5. The van der Waals surface area contributed by atoms with E-state index in [2.05, 4.69) is 22.0 Å². The second-order valence-electron chi connectivity index (χ2n) is 12.1. The summed E-state index contributed by atoms with van der Waals surface area (Å²) in [6.45, 7) is 9.44. The summed E-state index contributed by atoms with van der Waals surface area (Å²) >= 11 is 0. The van der Waals surface area contributed by atoms with E-state index in [1.54, 1.807) is 4.90 Å². The molecule has 0 aromatic rings. The molecule has 0 bridgehead atoms. The molecule has 37 heavy (non-hydrogen) atoms. The zero-order valence-corrected chi connectivity index (χ0v) is 22.2. The summed E-state index contributed by atoms with van der Waals surface area (Å²) in [5.74, 6) is -1.25. The highest BCUT2D eigenvalue weighted by molar-refractivity contribution is 5.94. The van der Waals surface area contributed by atoms with E-state index in [4.69, 9.17) is 4.74 Å². The van der Waals surface area contributed by atoms with Crippen molar-refractivity contribution in [2.24, 2.45) is 16.7 Å². The number of ether oxygens (including phenoxy) is 1. The van der Waals surface area contributed by atoms with Gasteiger partial charge in [-0.3, -0.25) is 24.1 Å². The van der Waals surface area contributed by atoms with Crippen molar-refractivity contribution in [1.29, 1.82) is 5.26 Å². The van der Waals surface area contributed by atoms with E-state index in [1.807, 2.05) is 25.7 Å². The SMILES string of the molecule is CC(C)(C)[C@H](NC(=O)CN1CCOCC1)C(=O)N1CC2(CC2)C[C@H]1C(=O)N[C@H](C#N)C[C@@H]1CCNC1=O. The first-order valence-corrected chi connectivity index (χ1v) is 13.4. The van der Waals surface area contributed by atoms with E-state index in [1.165, 1.54) is 0 Å². The molecule has 3 heterocycles. The van der Waals surface area contributed by atoms with Crippen LogP contribution in [0.15, 0.2) is 0 Å². The van der Waals surface area contributed by atoms with Crippen molar-refractivity contribution < 1.29 is 23.9 Å². The molecule has 3 N–H and O–H groups in total. The van der Waals surface area contributed by atoms with Crippen LogP contribution in [-0.4, -0.2) is 97.5 Å². The van der Waals surface area contributed by atoms with Gasteiger partial charge in [-0.1, -0.05) is 20.8 Å². The average Bonchev–Trinajstić information content (AvgIpc) is 3.31. The highest BCUT2D eigenvalue weighted by Gasteiger charge is 2.56. The maximum atomic E-state index is 13.9. The number of nitrogens with one attached hydrogen (secondary N) is 3. The van der Waals surface area contributed by atoms with Gasteiger partial charge >= 0.3 is 0 Å². The highest BCUT2D eigenvalue weighted by Crippen LogP contribution is 2.55. The van der Waals surface area contributed by atoms with Crippen molar-refractivity contribution in [3.63, 3.8) is 0 Å². The predicted octanol–water partition coefficient (Wildman–Crippen LogP) is -0.235. The van der Waals surface area contributed by atoms with Crippen molar-refractivity contribution in [2.45, 2.75) is 71.0 Å². The second-order valence-corrected chi connectivity index (χ2v) is 12.1. The molecule has 204 valence electrons. The van der Waals surface area contributed by atoms with Crippen LogP contribution < -0.4 is 16.0 Å². The number of likely N-dealkylation sites (tertiary alicyclic amines) is 1. The topological polar surface area (TPSA) is 144 Å². The number of nitrogens with zero attached hydrogens (tertiary/aromatic N) is 3. The number of carbonyl (C=O) groups excluding carboxylic acids is 4. The van der Waals surface area contributed by atoms with Crippen LogP contribution in [0.5, 0.6) is 0 Å². The maximum absolute atomic E-state index is 13.9. The summed E-state index contributed by atoms with van der Waals surface area (Å²) < 4.78 is 5.35. The lowest BCUT2D eigenvalue weighted by atomic mass is 9.85. The Kier molecular flexibility index (Phi) is 8.09. The lowest BCUT2D eigenvalue weighted by molar-refractivity contribution is -0.144. The van der Waals surface area contributed by atoms with Gasteiger partial charge in [0.05, 0.1) is 25.8 Å². The largest absolute Gasteiger partial charge is 0.379 e. The summed E-state index contributed by atoms with van der Waals surface area (Å²) in [6.07, 6.45) is 3.34. The van der Waals surface area contributed by atoms with Crippen LogP contribution in [0, 0.1) is 28.1 Å². The standard InChI is InChI=1S/C26H40N6O5/c1-25(2,3)21(30-20(33)15-31-8-10-37-11-9-31)24(36)32-16-26(5-6-26)13-19(32)23(35)29-18(14-27)12-17-4-7-28-22(17)34/h17-19,21H,4-13,15-16H2,1-3H3,(H,28,34)(H,29,35)(H,30,33)/t17-,18-,19-,21+/m0/s1. The van der Waals surface area contributed by atoms with Gasteiger partial charge < -0.3 is 25.6 Å². The first-order chi connectivity index (χ1) is 17.5. The van der Waals surface area contributed by atoms with Gasteiger partial charge in [0.15, 0.2) is 0 Å². The van der Waals surface area contributed by atoms with Gasteiger partial charge in [-0.05, 0) is 42.9 Å². The first kappa shape index (κ1) is 27.3. The molecule has 0 aromatic heterocycles. The minimum Gasteiger partial charge on any atom is -0.379 e. The fraction of sp³-hybridized carbons (Fsp3) is 0.808. The minimum atomic E-state index is -0.805. The fourth-order valence-corrected chi connectivity index (χ4v) is 5.61. The van der Waals surface area contributed by atoms with Crippen molar-refractivity contribution >= 4 is 23.6 Å². The van der Waals surface area contributed by atoms with Gasteiger partial charge in [-0.15, -0.1) is 0 Å². The summed E-state index contributed by atoms with van der Waals surface area (Å²) in [4.78, 5) is 55.8. The molecule has 1 spiro atoms. The Labute approximate surface area is 218 Å². The number of hydrogen-bond donors (Lipinski definition) is 3. The smallest absolute Gasteiger partial charge is 0.246 e. The van der Waals surface area contributed by atoms with E-state index in [0.29, 0.717) is 52.2 Å². The molecule has 4 atom stereocenters. The summed E-state index contributed by atoms with van der Waals surface area (Å²) in [5, 5.41) is 18.2. The third-order valence-electron chi connectivity index (χ3n) is 8.10. The van der Waals surface area contributed by atoms with E-state index < -0.39 is 23.5 Å². The molecule has 4 amide bonds. The molecule has 0 radical (unpaired) electrons. The van der Waals surface area contributed by atoms with Crippen molar-refractivity contribution in [1.82, 2.24) is 25.8 Å². The lowest BCUT2D eigenvalue weighted by Crippen LogP contribution is -2.59. The molecular weight excluding hydrogens is 476 g/mol. The van der Waals surface area contributed by atoms with Gasteiger partial charge in [-0.2, -0.15) is 5.26 Å². The van der Waals surface area contributed by atoms with Crippen LogP contribution in [0.1, 0.15) is 52.9 Å². The average molecular weight is 517 g/mol. The third-order valence-corrected chi connectivity index (χ3v) is 8.10. The monoisotopic (exact) mass is 516 g/mol. The quantitative estimate of drug-likeness (QED) is 0.404.